The molecule has 0 aliphatic rings. The minimum Gasteiger partial charge on any atom is -0.496 e. The Labute approximate surface area is 154 Å². The lowest BCUT2D eigenvalue weighted by Crippen LogP contribution is -2.34. The van der Waals surface area contributed by atoms with Gasteiger partial charge in [-0.3, -0.25) is 10.1 Å². The number of para-hydroxylation sites is 1. The molecule has 0 aliphatic heterocycles. The highest BCUT2D eigenvalue weighted by atomic mass is 32.1. The van der Waals surface area contributed by atoms with Gasteiger partial charge in [-0.1, -0.05) is 12.1 Å². The first kappa shape index (κ1) is 18.7. The molecule has 132 valence electrons. The number of hydrogen-bond donors (Lipinski definition) is 2. The van der Waals surface area contributed by atoms with Gasteiger partial charge >= 0.3 is 0 Å². The molecule has 0 radical (unpaired) electrons. The van der Waals surface area contributed by atoms with E-state index in [-0.39, 0.29) is 11.0 Å². The van der Waals surface area contributed by atoms with Crippen LogP contribution in [-0.2, 0) is 0 Å². The average molecular weight is 357 g/mol. The molecule has 1 amide bonds. The van der Waals surface area contributed by atoms with E-state index in [1.807, 2.05) is 30.3 Å². The lowest BCUT2D eigenvalue weighted by Gasteiger charge is -2.21. The number of carbonyl (C=O) groups is 1. The quantitative estimate of drug-likeness (QED) is 0.773. The highest BCUT2D eigenvalue weighted by Crippen LogP contribution is 2.18. The van der Waals surface area contributed by atoms with Crippen LogP contribution in [-0.4, -0.2) is 31.2 Å². The number of nitrogens with one attached hydrogen (secondary N) is 2. The summed E-state index contributed by atoms with van der Waals surface area (Å²) in [7, 11) is 1.53. The number of benzene rings is 2. The zero-order chi connectivity index (χ0) is 18.2. The Hall–Kier alpha value is -2.60. The fourth-order valence-corrected chi connectivity index (χ4v) is 2.72. The fraction of sp³-hybridized carbons (Fsp3) is 0.263. The molecule has 0 saturated carbocycles. The van der Waals surface area contributed by atoms with Gasteiger partial charge in [-0.15, -0.1) is 0 Å². The highest BCUT2D eigenvalue weighted by Gasteiger charge is 2.13. The SMILES string of the molecule is CCN(CC)c1ccc(NC(=S)NC(=O)c2ccccc2OC)cc1. The predicted octanol–water partition coefficient (Wildman–Crippen LogP) is 3.67. The van der Waals surface area contributed by atoms with Crippen LogP contribution in [0.5, 0.6) is 5.75 Å². The van der Waals surface area contributed by atoms with Gasteiger partial charge in [-0.2, -0.15) is 0 Å². The Morgan fingerprint density at radius 3 is 2.32 bits per heavy atom. The second kappa shape index (κ2) is 9.03. The minimum atomic E-state index is -0.310. The van der Waals surface area contributed by atoms with Crippen molar-refractivity contribution in [2.24, 2.45) is 0 Å². The van der Waals surface area contributed by atoms with E-state index >= 15 is 0 Å². The van der Waals surface area contributed by atoms with E-state index in [0.717, 1.165) is 24.5 Å². The largest absolute Gasteiger partial charge is 0.496 e. The average Bonchev–Trinajstić information content (AvgIpc) is 2.64. The van der Waals surface area contributed by atoms with E-state index in [0.29, 0.717) is 11.3 Å². The van der Waals surface area contributed by atoms with E-state index in [9.17, 15) is 4.79 Å². The maximum Gasteiger partial charge on any atom is 0.261 e. The van der Waals surface area contributed by atoms with Crippen LogP contribution in [0.2, 0.25) is 0 Å². The first-order valence-electron chi connectivity index (χ1n) is 8.19. The summed E-state index contributed by atoms with van der Waals surface area (Å²) in [4.78, 5) is 14.6. The number of carbonyl (C=O) groups excluding carboxylic acids is 1. The molecule has 2 aromatic rings. The summed E-state index contributed by atoms with van der Waals surface area (Å²) >= 11 is 5.23. The van der Waals surface area contributed by atoms with Crippen LogP contribution >= 0.6 is 12.2 Å². The number of amides is 1. The molecule has 0 atom stereocenters. The van der Waals surface area contributed by atoms with Gasteiger partial charge in [-0.05, 0) is 62.5 Å². The summed E-state index contributed by atoms with van der Waals surface area (Å²) in [6.45, 7) is 6.16. The maximum absolute atomic E-state index is 12.3. The summed E-state index contributed by atoms with van der Waals surface area (Å²) in [5.74, 6) is 0.195. The van der Waals surface area contributed by atoms with E-state index in [2.05, 4.69) is 29.4 Å². The summed E-state index contributed by atoms with van der Waals surface area (Å²) in [6, 6.07) is 14.9. The zero-order valence-electron chi connectivity index (χ0n) is 14.7. The van der Waals surface area contributed by atoms with E-state index in [1.165, 1.54) is 7.11 Å². The Balaban J connectivity index is 1.99. The fourth-order valence-electron chi connectivity index (χ4n) is 2.51. The van der Waals surface area contributed by atoms with Crippen molar-refractivity contribution < 1.29 is 9.53 Å². The lowest BCUT2D eigenvalue weighted by molar-refractivity contribution is 0.0975. The van der Waals surface area contributed by atoms with Crippen molar-refractivity contribution in [1.82, 2.24) is 5.32 Å². The second-order valence-electron chi connectivity index (χ2n) is 5.33. The molecule has 6 heteroatoms. The number of nitrogens with zero attached hydrogens (tertiary/aromatic N) is 1. The van der Waals surface area contributed by atoms with Gasteiger partial charge in [0.25, 0.3) is 5.91 Å². The Morgan fingerprint density at radius 1 is 1.08 bits per heavy atom. The zero-order valence-corrected chi connectivity index (χ0v) is 15.5. The summed E-state index contributed by atoms with van der Waals surface area (Å²) in [6.07, 6.45) is 0. The van der Waals surface area contributed by atoms with Crippen molar-refractivity contribution in [3.8, 4) is 5.75 Å². The third-order valence-corrected chi connectivity index (χ3v) is 4.04. The van der Waals surface area contributed by atoms with Crippen molar-refractivity contribution in [3.63, 3.8) is 0 Å². The molecule has 0 saturated heterocycles. The van der Waals surface area contributed by atoms with Crippen molar-refractivity contribution in [3.05, 3.63) is 54.1 Å². The van der Waals surface area contributed by atoms with Gasteiger partial charge < -0.3 is 15.0 Å². The number of ether oxygens (including phenoxy) is 1. The molecule has 0 heterocycles. The Morgan fingerprint density at radius 2 is 1.72 bits per heavy atom. The Bertz CT molecular complexity index is 728. The molecular formula is C19H23N3O2S. The molecule has 0 unspecified atom stereocenters. The van der Waals surface area contributed by atoms with Crippen molar-refractivity contribution in [2.45, 2.75) is 13.8 Å². The predicted molar refractivity (Wildman–Crippen MR) is 107 cm³/mol. The minimum absolute atomic E-state index is 0.242. The number of methoxy groups -OCH3 is 1. The molecule has 25 heavy (non-hydrogen) atoms. The molecule has 2 rings (SSSR count). The molecule has 0 fully saturated rings. The van der Waals surface area contributed by atoms with Crippen LogP contribution in [0.4, 0.5) is 11.4 Å². The Kier molecular flexibility index (Phi) is 6.77. The van der Waals surface area contributed by atoms with Gasteiger partial charge in [0, 0.05) is 24.5 Å². The van der Waals surface area contributed by atoms with Crippen LogP contribution in [0.1, 0.15) is 24.2 Å². The summed E-state index contributed by atoms with van der Waals surface area (Å²) in [5.41, 5.74) is 2.41. The lowest BCUT2D eigenvalue weighted by atomic mass is 10.2. The molecule has 2 aromatic carbocycles. The van der Waals surface area contributed by atoms with E-state index < -0.39 is 0 Å². The van der Waals surface area contributed by atoms with E-state index in [4.69, 9.17) is 17.0 Å². The molecule has 5 nitrogen and oxygen atoms in total. The topological polar surface area (TPSA) is 53.6 Å². The third-order valence-electron chi connectivity index (χ3n) is 3.83. The monoisotopic (exact) mass is 357 g/mol. The summed E-state index contributed by atoms with van der Waals surface area (Å²) < 4.78 is 5.19. The van der Waals surface area contributed by atoms with Gasteiger partial charge in [-0.25, -0.2) is 0 Å². The molecule has 0 aromatic heterocycles. The van der Waals surface area contributed by atoms with Crippen LogP contribution < -0.4 is 20.3 Å². The van der Waals surface area contributed by atoms with Crippen LogP contribution in [0.3, 0.4) is 0 Å². The van der Waals surface area contributed by atoms with Gasteiger partial charge in [0.1, 0.15) is 5.75 Å². The molecular weight excluding hydrogens is 334 g/mol. The van der Waals surface area contributed by atoms with Crippen molar-refractivity contribution in [1.29, 1.82) is 0 Å². The first-order valence-corrected chi connectivity index (χ1v) is 8.60. The second-order valence-corrected chi connectivity index (χ2v) is 5.74. The van der Waals surface area contributed by atoms with Gasteiger partial charge in [0.15, 0.2) is 5.11 Å². The molecule has 0 spiro atoms. The first-order chi connectivity index (χ1) is 12.1. The summed E-state index contributed by atoms with van der Waals surface area (Å²) in [5, 5.41) is 5.93. The number of anilines is 2. The molecule has 2 N–H and O–H groups in total. The van der Waals surface area contributed by atoms with Crippen LogP contribution in [0.25, 0.3) is 0 Å². The normalized spacial score (nSPS) is 10.0. The molecule has 0 aliphatic carbocycles. The third kappa shape index (κ3) is 4.93. The van der Waals surface area contributed by atoms with Crippen LogP contribution in [0, 0.1) is 0 Å². The smallest absolute Gasteiger partial charge is 0.261 e. The standard InChI is InChI=1S/C19H23N3O2S/c1-4-22(5-2)15-12-10-14(11-13-15)20-19(25)21-18(23)16-8-6-7-9-17(16)24-3/h6-13H,4-5H2,1-3H3,(H2,20,21,23,25). The number of thiocarbonyl (C=S) groups is 1. The number of hydrogen-bond acceptors (Lipinski definition) is 4. The maximum atomic E-state index is 12.3. The van der Waals surface area contributed by atoms with Gasteiger partial charge in [0.05, 0.1) is 12.7 Å². The highest BCUT2D eigenvalue weighted by molar-refractivity contribution is 7.80. The number of rotatable bonds is 6. The van der Waals surface area contributed by atoms with E-state index in [1.54, 1.807) is 18.2 Å². The van der Waals surface area contributed by atoms with Crippen LogP contribution in [0.15, 0.2) is 48.5 Å². The van der Waals surface area contributed by atoms with Gasteiger partial charge in [0.2, 0.25) is 0 Å². The van der Waals surface area contributed by atoms with Crippen molar-refractivity contribution >= 4 is 34.6 Å². The molecule has 0 bridgehead atoms. The van der Waals surface area contributed by atoms with Crippen molar-refractivity contribution in [2.75, 3.05) is 30.4 Å².